The highest BCUT2D eigenvalue weighted by atomic mass is 32.1. The molecule has 0 saturated heterocycles. The van der Waals surface area contributed by atoms with Crippen molar-refractivity contribution in [2.45, 2.75) is 40.0 Å². The molecule has 0 unspecified atom stereocenters. The summed E-state index contributed by atoms with van der Waals surface area (Å²) in [5, 5.41) is 0. The van der Waals surface area contributed by atoms with Crippen molar-refractivity contribution < 1.29 is 0 Å². The van der Waals surface area contributed by atoms with Crippen LogP contribution in [0.5, 0.6) is 0 Å². The summed E-state index contributed by atoms with van der Waals surface area (Å²) in [5.74, 6) is 0. The Morgan fingerprint density at radius 3 is 2.35 bits per heavy atom. The van der Waals surface area contributed by atoms with Gasteiger partial charge in [-0.1, -0.05) is 39.4 Å². The molecule has 1 aromatic carbocycles. The number of nitrogens with two attached hydrogens (primary N) is 1. The largest absolute Gasteiger partial charge is 0.394 e. The van der Waals surface area contributed by atoms with E-state index in [1.807, 2.05) is 11.9 Å². The smallest absolute Gasteiger partial charge is 0.223 e. The first-order chi connectivity index (χ1) is 7.74. The first kappa shape index (κ1) is 14.2. The van der Waals surface area contributed by atoms with E-state index < -0.39 is 0 Å². The number of nitrogens with zero attached hydrogens (tertiary/aromatic N) is 1. The van der Waals surface area contributed by atoms with E-state index in [1.54, 1.807) is 0 Å². The summed E-state index contributed by atoms with van der Waals surface area (Å²) in [6.45, 7) is 7.64. The lowest BCUT2D eigenvalue weighted by atomic mass is 9.90. The highest BCUT2D eigenvalue weighted by Crippen LogP contribution is 2.25. The topological polar surface area (TPSA) is 46.3 Å². The van der Waals surface area contributed by atoms with Crippen LogP contribution < -0.4 is 16.1 Å². The molecule has 0 bridgehead atoms. The van der Waals surface area contributed by atoms with Crippen LogP contribution in [0.1, 0.15) is 40.0 Å². The third-order valence-corrected chi connectivity index (χ3v) is 3.35. The van der Waals surface area contributed by atoms with Gasteiger partial charge in [0.05, 0.1) is 5.69 Å². The van der Waals surface area contributed by atoms with Gasteiger partial charge in [-0.2, -0.15) is 0 Å². The molecule has 17 heavy (non-hydrogen) atoms. The van der Waals surface area contributed by atoms with Crippen LogP contribution in [0.3, 0.4) is 0 Å². The molecule has 4 heteroatoms. The predicted molar refractivity (Wildman–Crippen MR) is 76.9 cm³/mol. The van der Waals surface area contributed by atoms with Crippen LogP contribution in [-0.4, -0.2) is 13.6 Å². The Hall–Kier alpha value is -0.900. The molecule has 0 radical (unpaired) electrons. The maximum Gasteiger partial charge on any atom is 0.223 e. The number of hydrogen-bond donors (Lipinski definition) is 1. The number of nitrogen functional groups attached to an aromatic ring is 1. The number of hydrogen-bond acceptors (Lipinski definition) is 4. The van der Waals surface area contributed by atoms with Crippen molar-refractivity contribution in [2.75, 3.05) is 24.2 Å². The summed E-state index contributed by atoms with van der Waals surface area (Å²) in [6.07, 6.45) is 3.49. The second-order valence-corrected chi connectivity index (χ2v) is 6.27. The molecular formula is C13H22N2OS. The van der Waals surface area contributed by atoms with Crippen LogP contribution in [0.15, 0.2) is 4.79 Å². The summed E-state index contributed by atoms with van der Waals surface area (Å²) in [6, 6.07) is 0. The van der Waals surface area contributed by atoms with Crippen molar-refractivity contribution in [2.24, 2.45) is 5.41 Å². The van der Waals surface area contributed by atoms with Crippen molar-refractivity contribution in [3.05, 3.63) is 14.7 Å². The van der Waals surface area contributed by atoms with Gasteiger partial charge in [0.1, 0.15) is 10.2 Å². The lowest BCUT2D eigenvalue weighted by Crippen LogP contribution is -2.28. The van der Waals surface area contributed by atoms with E-state index in [-0.39, 0.29) is 5.43 Å². The standard InChI is InChI=1S/C13H22N2OS/c1-13(2,3)7-5-6-8-15(4)10-9(14)11(16)12(10)17/h5-8,14H2,1-4H3. The van der Waals surface area contributed by atoms with Gasteiger partial charge in [0.2, 0.25) is 5.43 Å². The van der Waals surface area contributed by atoms with Crippen molar-refractivity contribution in [3.63, 3.8) is 0 Å². The molecule has 0 aromatic heterocycles. The van der Waals surface area contributed by atoms with Crippen molar-refractivity contribution in [1.29, 1.82) is 0 Å². The molecule has 96 valence electrons. The maximum absolute atomic E-state index is 11.2. The molecule has 2 N–H and O–H groups in total. The van der Waals surface area contributed by atoms with Gasteiger partial charge < -0.3 is 10.6 Å². The van der Waals surface area contributed by atoms with Crippen LogP contribution in [-0.2, 0) is 0 Å². The Bertz CT molecular complexity index is 452. The first-order valence-electron chi connectivity index (χ1n) is 6.04. The average molecular weight is 254 g/mol. The van der Waals surface area contributed by atoms with E-state index in [9.17, 15) is 4.79 Å². The number of unbranched alkanes of at least 4 members (excludes halogenated alkanes) is 1. The molecule has 0 atom stereocenters. The summed E-state index contributed by atoms with van der Waals surface area (Å²) in [5.41, 5.74) is 6.94. The minimum atomic E-state index is -0.170. The molecule has 3 nitrogen and oxygen atoms in total. The van der Waals surface area contributed by atoms with E-state index >= 15 is 0 Å². The van der Waals surface area contributed by atoms with Crippen molar-refractivity contribution in [1.82, 2.24) is 0 Å². The Kier molecular flexibility index (Phi) is 4.31. The molecular weight excluding hydrogens is 232 g/mol. The van der Waals surface area contributed by atoms with E-state index in [0.717, 1.165) is 18.7 Å². The average Bonchev–Trinajstić information content (AvgIpc) is 2.23. The van der Waals surface area contributed by atoms with Crippen LogP contribution in [0, 0.1) is 9.93 Å². The number of rotatable bonds is 5. The Balaban J connectivity index is 2.40. The zero-order valence-electron chi connectivity index (χ0n) is 11.2. The minimum Gasteiger partial charge on any atom is -0.394 e. The summed E-state index contributed by atoms with van der Waals surface area (Å²) < 4.78 is 0.390. The van der Waals surface area contributed by atoms with Gasteiger partial charge >= 0.3 is 0 Å². The first-order valence-corrected chi connectivity index (χ1v) is 6.45. The Labute approximate surface area is 108 Å². The van der Waals surface area contributed by atoms with Crippen molar-refractivity contribution in [3.8, 4) is 0 Å². The van der Waals surface area contributed by atoms with Crippen molar-refractivity contribution >= 4 is 23.6 Å². The van der Waals surface area contributed by atoms with Crippen LogP contribution in [0.25, 0.3) is 0 Å². The van der Waals surface area contributed by atoms with E-state index in [1.165, 1.54) is 12.8 Å². The van der Waals surface area contributed by atoms with Gasteiger partial charge in [0.25, 0.3) is 0 Å². The monoisotopic (exact) mass is 254 g/mol. The van der Waals surface area contributed by atoms with Crippen LogP contribution in [0.4, 0.5) is 11.4 Å². The van der Waals surface area contributed by atoms with Gasteiger partial charge in [0, 0.05) is 13.6 Å². The summed E-state index contributed by atoms with van der Waals surface area (Å²) in [7, 11) is 1.94. The highest BCUT2D eigenvalue weighted by molar-refractivity contribution is 7.71. The second-order valence-electron chi connectivity index (χ2n) is 5.86. The molecule has 0 amide bonds. The van der Waals surface area contributed by atoms with Gasteiger partial charge in [0.15, 0.2) is 0 Å². The lowest BCUT2D eigenvalue weighted by Gasteiger charge is -2.23. The molecule has 0 heterocycles. The molecule has 0 aliphatic heterocycles. The molecule has 0 saturated carbocycles. The van der Waals surface area contributed by atoms with Crippen LogP contribution in [0.2, 0.25) is 0 Å². The lowest BCUT2D eigenvalue weighted by molar-refractivity contribution is 0.361. The predicted octanol–water partition coefficient (Wildman–Crippen LogP) is 2.89. The summed E-state index contributed by atoms with van der Waals surface area (Å²) >= 11 is 4.99. The number of anilines is 2. The van der Waals surface area contributed by atoms with Gasteiger partial charge in [-0.15, -0.1) is 0 Å². The van der Waals surface area contributed by atoms with E-state index in [2.05, 4.69) is 20.8 Å². The Morgan fingerprint density at radius 2 is 1.88 bits per heavy atom. The Morgan fingerprint density at radius 1 is 1.29 bits per heavy atom. The molecule has 0 aliphatic rings. The third kappa shape index (κ3) is 3.53. The highest BCUT2D eigenvalue weighted by Gasteiger charge is 2.18. The van der Waals surface area contributed by atoms with E-state index in [0.29, 0.717) is 15.6 Å². The maximum atomic E-state index is 11.2. The van der Waals surface area contributed by atoms with Gasteiger partial charge in [-0.25, -0.2) is 0 Å². The normalized spacial score (nSPS) is 12.0. The molecule has 1 aromatic rings. The fourth-order valence-corrected chi connectivity index (χ4v) is 2.27. The summed E-state index contributed by atoms with van der Waals surface area (Å²) in [4.78, 5) is 13.2. The second kappa shape index (κ2) is 5.17. The molecule has 0 aliphatic carbocycles. The fourth-order valence-electron chi connectivity index (χ4n) is 1.89. The van der Waals surface area contributed by atoms with Gasteiger partial charge in [-0.3, -0.25) is 4.79 Å². The van der Waals surface area contributed by atoms with E-state index in [4.69, 9.17) is 18.0 Å². The zero-order valence-corrected chi connectivity index (χ0v) is 12.0. The zero-order chi connectivity index (χ0) is 13.2. The SMILES string of the molecule is CN(CCCCC(C)(C)C)c1c(N)c(=O)c1=S. The minimum absolute atomic E-state index is 0.170. The van der Waals surface area contributed by atoms with Gasteiger partial charge in [-0.05, 0) is 18.3 Å². The van der Waals surface area contributed by atoms with Crippen LogP contribution >= 0.6 is 12.2 Å². The molecule has 0 spiro atoms. The molecule has 1 rings (SSSR count). The third-order valence-electron chi connectivity index (χ3n) is 2.97. The molecule has 0 fully saturated rings. The fraction of sp³-hybridized carbons (Fsp3) is 0.692. The quantitative estimate of drug-likeness (QED) is 0.648.